The maximum atomic E-state index is 13.1. The molecule has 1 atom stereocenters. The molecule has 0 aliphatic heterocycles. The molecule has 96 valence electrons. The summed E-state index contributed by atoms with van der Waals surface area (Å²) in [5.74, 6) is 1.01. The average molecular weight is 320 g/mol. The zero-order valence-corrected chi connectivity index (χ0v) is 12.7. The first kappa shape index (κ1) is 15.0. The molecule has 0 fully saturated rings. The van der Waals surface area contributed by atoms with E-state index in [9.17, 15) is 4.39 Å². The molecule has 0 aromatic heterocycles. The monoisotopic (exact) mass is 319 g/mol. The summed E-state index contributed by atoms with van der Waals surface area (Å²) < 4.78 is 13.6. The normalized spacial score (nSPS) is 12.7. The summed E-state index contributed by atoms with van der Waals surface area (Å²) in [6, 6.07) is 5.45. The number of benzene rings is 1. The van der Waals surface area contributed by atoms with Crippen molar-refractivity contribution < 1.29 is 4.39 Å². The number of hydrogen-bond acceptors (Lipinski definition) is 2. The molecule has 0 bridgehead atoms. The molecule has 0 heterocycles. The lowest BCUT2D eigenvalue weighted by atomic mass is 10.1. The molecule has 17 heavy (non-hydrogen) atoms. The first-order chi connectivity index (χ1) is 8.15. The minimum Gasteiger partial charge on any atom is -0.310 e. The molecule has 0 aliphatic rings. The van der Waals surface area contributed by atoms with Gasteiger partial charge in [0.25, 0.3) is 0 Å². The molecule has 1 nitrogen and oxygen atoms in total. The van der Waals surface area contributed by atoms with Crippen LogP contribution in [0.25, 0.3) is 0 Å². The summed E-state index contributed by atoms with van der Waals surface area (Å²) in [6.45, 7) is 3.12. The van der Waals surface area contributed by atoms with Crippen molar-refractivity contribution in [3.63, 3.8) is 0 Å². The second-order valence-corrected chi connectivity index (χ2v) is 5.89. The van der Waals surface area contributed by atoms with Crippen LogP contribution in [-0.4, -0.2) is 18.6 Å². The van der Waals surface area contributed by atoms with Crippen molar-refractivity contribution in [2.24, 2.45) is 0 Å². The van der Waals surface area contributed by atoms with Gasteiger partial charge in [-0.05, 0) is 71.9 Å². The predicted octanol–water partition coefficient (Wildman–Crippen LogP) is 4.38. The third-order valence-electron chi connectivity index (χ3n) is 2.67. The van der Waals surface area contributed by atoms with E-state index in [-0.39, 0.29) is 11.9 Å². The molecule has 1 aromatic rings. The van der Waals surface area contributed by atoms with Crippen LogP contribution in [0, 0.1) is 5.82 Å². The number of halogens is 2. The molecule has 1 aromatic carbocycles. The summed E-state index contributed by atoms with van der Waals surface area (Å²) in [6.07, 6.45) is 4.56. The zero-order chi connectivity index (χ0) is 12.7. The van der Waals surface area contributed by atoms with E-state index in [0.717, 1.165) is 12.1 Å². The summed E-state index contributed by atoms with van der Waals surface area (Å²) in [5.41, 5.74) is 1.11. The van der Waals surface area contributed by atoms with Gasteiger partial charge in [-0.1, -0.05) is 6.07 Å². The Morgan fingerprint density at radius 1 is 1.41 bits per heavy atom. The van der Waals surface area contributed by atoms with E-state index in [0.29, 0.717) is 4.47 Å². The van der Waals surface area contributed by atoms with Gasteiger partial charge < -0.3 is 5.32 Å². The maximum Gasteiger partial charge on any atom is 0.137 e. The van der Waals surface area contributed by atoms with Crippen molar-refractivity contribution in [1.82, 2.24) is 5.32 Å². The third kappa shape index (κ3) is 5.40. The van der Waals surface area contributed by atoms with E-state index < -0.39 is 0 Å². The highest BCUT2D eigenvalue weighted by molar-refractivity contribution is 9.10. The van der Waals surface area contributed by atoms with Gasteiger partial charge in [0, 0.05) is 6.04 Å². The SMILES string of the molecule is CSCCCCNC(C)c1ccc(F)c(Br)c1. The maximum absolute atomic E-state index is 13.1. The summed E-state index contributed by atoms with van der Waals surface area (Å²) >= 11 is 5.10. The molecule has 0 spiro atoms. The van der Waals surface area contributed by atoms with Gasteiger partial charge in [0.2, 0.25) is 0 Å². The second kappa shape index (κ2) is 8.11. The fraction of sp³-hybridized carbons (Fsp3) is 0.538. The number of rotatable bonds is 7. The van der Waals surface area contributed by atoms with Gasteiger partial charge in [-0.15, -0.1) is 0 Å². The quantitative estimate of drug-likeness (QED) is 0.748. The van der Waals surface area contributed by atoms with Crippen LogP contribution in [0.2, 0.25) is 0 Å². The van der Waals surface area contributed by atoms with Crippen LogP contribution in [0.15, 0.2) is 22.7 Å². The Kier molecular flexibility index (Phi) is 7.16. The summed E-state index contributed by atoms with van der Waals surface area (Å²) in [4.78, 5) is 0. The average Bonchev–Trinajstić information content (AvgIpc) is 2.32. The molecule has 1 rings (SSSR count). The van der Waals surface area contributed by atoms with Crippen molar-refractivity contribution in [2.75, 3.05) is 18.6 Å². The Balaban J connectivity index is 2.36. The lowest BCUT2D eigenvalue weighted by molar-refractivity contribution is 0.553. The Hall–Kier alpha value is -0.0600. The standard InChI is InChI=1S/C13H19BrFNS/c1-10(16-7-3-4-8-17-2)11-5-6-13(15)12(14)9-11/h5-6,9-10,16H,3-4,7-8H2,1-2H3. The van der Waals surface area contributed by atoms with Crippen LogP contribution in [0.3, 0.4) is 0 Å². The molecule has 4 heteroatoms. The van der Waals surface area contributed by atoms with Gasteiger partial charge in [0.15, 0.2) is 0 Å². The topological polar surface area (TPSA) is 12.0 Å². The van der Waals surface area contributed by atoms with E-state index in [4.69, 9.17) is 0 Å². The van der Waals surface area contributed by atoms with Crippen molar-refractivity contribution in [1.29, 1.82) is 0 Å². The first-order valence-corrected chi connectivity index (χ1v) is 8.01. The molecule has 0 amide bonds. The second-order valence-electron chi connectivity index (χ2n) is 4.05. The minimum absolute atomic E-state index is 0.207. The number of nitrogens with one attached hydrogen (secondary N) is 1. The minimum atomic E-state index is -0.207. The zero-order valence-electron chi connectivity index (χ0n) is 10.3. The van der Waals surface area contributed by atoms with Crippen molar-refractivity contribution in [2.45, 2.75) is 25.8 Å². The lowest BCUT2D eigenvalue weighted by Crippen LogP contribution is -2.20. The van der Waals surface area contributed by atoms with Crippen LogP contribution in [0.5, 0.6) is 0 Å². The predicted molar refractivity (Wildman–Crippen MR) is 78.1 cm³/mol. The van der Waals surface area contributed by atoms with Crippen LogP contribution in [-0.2, 0) is 0 Å². The molecule has 1 N–H and O–H groups in total. The number of thioether (sulfide) groups is 1. The summed E-state index contributed by atoms with van der Waals surface area (Å²) in [5, 5.41) is 3.45. The van der Waals surface area contributed by atoms with Crippen molar-refractivity contribution >= 4 is 27.7 Å². The lowest BCUT2D eigenvalue weighted by Gasteiger charge is -2.14. The van der Waals surface area contributed by atoms with E-state index >= 15 is 0 Å². The van der Waals surface area contributed by atoms with E-state index in [1.54, 1.807) is 0 Å². The van der Waals surface area contributed by atoms with Crippen molar-refractivity contribution in [3.8, 4) is 0 Å². The van der Waals surface area contributed by atoms with E-state index in [1.165, 1.54) is 24.7 Å². The van der Waals surface area contributed by atoms with Gasteiger partial charge >= 0.3 is 0 Å². The van der Waals surface area contributed by atoms with Crippen molar-refractivity contribution in [3.05, 3.63) is 34.1 Å². The van der Waals surface area contributed by atoms with Gasteiger partial charge in [-0.25, -0.2) is 4.39 Å². The van der Waals surface area contributed by atoms with Gasteiger partial charge in [0.05, 0.1) is 4.47 Å². The van der Waals surface area contributed by atoms with Crippen LogP contribution >= 0.6 is 27.7 Å². The smallest absolute Gasteiger partial charge is 0.137 e. The Morgan fingerprint density at radius 3 is 2.82 bits per heavy atom. The Bertz CT molecular complexity index is 346. The largest absolute Gasteiger partial charge is 0.310 e. The number of unbranched alkanes of at least 4 members (excludes halogenated alkanes) is 1. The highest BCUT2D eigenvalue weighted by Gasteiger charge is 2.06. The summed E-state index contributed by atoms with van der Waals surface area (Å²) in [7, 11) is 0. The molecule has 0 aliphatic carbocycles. The molecule has 1 unspecified atom stereocenters. The van der Waals surface area contributed by atoms with E-state index in [2.05, 4.69) is 34.4 Å². The molecular formula is C13H19BrFNS. The van der Waals surface area contributed by atoms with Crippen LogP contribution in [0.1, 0.15) is 31.4 Å². The van der Waals surface area contributed by atoms with Gasteiger partial charge in [0.1, 0.15) is 5.82 Å². The third-order valence-corrected chi connectivity index (χ3v) is 3.97. The Labute approximate surface area is 116 Å². The first-order valence-electron chi connectivity index (χ1n) is 5.82. The van der Waals surface area contributed by atoms with E-state index in [1.807, 2.05) is 23.9 Å². The Morgan fingerprint density at radius 2 is 2.18 bits per heavy atom. The van der Waals surface area contributed by atoms with Crippen LogP contribution < -0.4 is 5.32 Å². The van der Waals surface area contributed by atoms with Gasteiger partial charge in [-0.3, -0.25) is 0 Å². The van der Waals surface area contributed by atoms with Gasteiger partial charge in [-0.2, -0.15) is 11.8 Å². The number of hydrogen-bond donors (Lipinski definition) is 1. The molecule has 0 saturated carbocycles. The van der Waals surface area contributed by atoms with Crippen LogP contribution in [0.4, 0.5) is 4.39 Å². The fourth-order valence-electron chi connectivity index (χ4n) is 1.59. The molecule has 0 saturated heterocycles. The molecular weight excluding hydrogens is 301 g/mol. The highest BCUT2D eigenvalue weighted by atomic mass is 79.9. The highest BCUT2D eigenvalue weighted by Crippen LogP contribution is 2.21. The fourth-order valence-corrected chi connectivity index (χ4v) is 2.48. The molecule has 0 radical (unpaired) electrons.